The first-order valence-corrected chi connectivity index (χ1v) is 6.04. The lowest BCUT2D eigenvalue weighted by Gasteiger charge is -2.06. The summed E-state index contributed by atoms with van der Waals surface area (Å²) in [5, 5.41) is 4.89. The quantitative estimate of drug-likeness (QED) is 0.840. The zero-order chi connectivity index (χ0) is 14.4. The Balaban J connectivity index is 1.86. The molecule has 20 heavy (non-hydrogen) atoms. The van der Waals surface area contributed by atoms with Crippen LogP contribution in [0.4, 0.5) is 10.1 Å². The highest BCUT2D eigenvalue weighted by molar-refractivity contribution is 6.39. The first-order chi connectivity index (χ1) is 9.65. The molecule has 0 saturated carbocycles. The van der Waals surface area contributed by atoms with Gasteiger partial charge in [0.1, 0.15) is 5.82 Å². The molecule has 0 atom stereocenters. The van der Waals surface area contributed by atoms with E-state index in [1.54, 1.807) is 0 Å². The molecule has 2 amide bonds. The number of rotatable bonds is 3. The molecule has 0 aliphatic rings. The number of carbonyl (C=O) groups is 2. The van der Waals surface area contributed by atoms with E-state index < -0.39 is 17.6 Å². The van der Waals surface area contributed by atoms with Crippen LogP contribution in [0.2, 0.25) is 0 Å². The van der Waals surface area contributed by atoms with Gasteiger partial charge in [-0.15, -0.1) is 0 Å². The van der Waals surface area contributed by atoms with Crippen LogP contribution in [0.1, 0.15) is 5.56 Å². The zero-order valence-corrected chi connectivity index (χ0v) is 10.6. The Hall–Kier alpha value is -2.69. The molecule has 0 fully saturated rings. The Labute approximate surface area is 115 Å². The summed E-state index contributed by atoms with van der Waals surface area (Å²) in [5.74, 6) is -1.93. The minimum Gasteiger partial charge on any atom is -0.344 e. The molecule has 4 nitrogen and oxygen atoms in total. The van der Waals surface area contributed by atoms with Gasteiger partial charge in [0.05, 0.1) is 0 Å². The average molecular weight is 272 g/mol. The molecule has 0 aliphatic carbocycles. The molecule has 2 rings (SSSR count). The third kappa shape index (κ3) is 3.91. The SMILES string of the molecule is O=C(NCc1ccccc1)C(=O)Nc1ccc(F)cc1. The van der Waals surface area contributed by atoms with Crippen LogP contribution in [0, 0.1) is 5.82 Å². The highest BCUT2D eigenvalue weighted by Crippen LogP contribution is 2.07. The van der Waals surface area contributed by atoms with Crippen LogP contribution < -0.4 is 10.6 Å². The molecule has 0 unspecified atom stereocenters. The normalized spacial score (nSPS) is 9.85. The Morgan fingerprint density at radius 3 is 2.20 bits per heavy atom. The predicted molar refractivity (Wildman–Crippen MR) is 73.3 cm³/mol. The summed E-state index contributed by atoms with van der Waals surface area (Å²) in [6.07, 6.45) is 0. The fourth-order valence-electron chi connectivity index (χ4n) is 1.58. The predicted octanol–water partition coefficient (Wildman–Crippen LogP) is 2.08. The maximum atomic E-state index is 12.7. The van der Waals surface area contributed by atoms with Crippen LogP contribution in [0.3, 0.4) is 0 Å². The topological polar surface area (TPSA) is 58.2 Å². The highest BCUT2D eigenvalue weighted by Gasteiger charge is 2.13. The van der Waals surface area contributed by atoms with E-state index in [1.165, 1.54) is 24.3 Å². The number of benzene rings is 2. The molecule has 102 valence electrons. The minimum absolute atomic E-state index is 0.274. The van der Waals surface area contributed by atoms with E-state index in [2.05, 4.69) is 10.6 Å². The van der Waals surface area contributed by atoms with Crippen LogP contribution in [0.15, 0.2) is 54.6 Å². The van der Waals surface area contributed by atoms with Gasteiger partial charge in [-0.05, 0) is 29.8 Å². The second-order valence-electron chi connectivity index (χ2n) is 4.13. The van der Waals surface area contributed by atoms with Crippen LogP contribution in [0.25, 0.3) is 0 Å². The maximum Gasteiger partial charge on any atom is 0.313 e. The Kier molecular flexibility index (Phi) is 4.44. The number of anilines is 1. The first-order valence-electron chi connectivity index (χ1n) is 6.04. The molecule has 2 aromatic rings. The van der Waals surface area contributed by atoms with Crippen molar-refractivity contribution in [1.29, 1.82) is 0 Å². The third-order valence-electron chi connectivity index (χ3n) is 2.60. The number of nitrogens with one attached hydrogen (secondary N) is 2. The summed E-state index contributed by atoms with van der Waals surface area (Å²) in [5.41, 5.74) is 1.27. The summed E-state index contributed by atoms with van der Waals surface area (Å²) < 4.78 is 12.7. The van der Waals surface area contributed by atoms with Crippen LogP contribution >= 0.6 is 0 Å². The molecule has 0 heterocycles. The Bertz CT molecular complexity index is 597. The van der Waals surface area contributed by atoms with E-state index in [1.807, 2.05) is 30.3 Å². The number of amides is 2. The van der Waals surface area contributed by atoms with Crippen molar-refractivity contribution >= 4 is 17.5 Å². The molecule has 0 radical (unpaired) electrons. The van der Waals surface area contributed by atoms with Crippen molar-refractivity contribution < 1.29 is 14.0 Å². The number of halogens is 1. The summed E-state index contributed by atoms with van der Waals surface area (Å²) in [7, 11) is 0. The van der Waals surface area contributed by atoms with Crippen molar-refractivity contribution in [2.24, 2.45) is 0 Å². The molecule has 0 spiro atoms. The van der Waals surface area contributed by atoms with Crippen molar-refractivity contribution in [2.45, 2.75) is 6.54 Å². The monoisotopic (exact) mass is 272 g/mol. The molecule has 0 aliphatic heterocycles. The minimum atomic E-state index is -0.785. The van der Waals surface area contributed by atoms with Gasteiger partial charge in [-0.25, -0.2) is 4.39 Å². The standard InChI is InChI=1S/C15H13FN2O2/c16-12-6-8-13(9-7-12)18-15(20)14(19)17-10-11-4-2-1-3-5-11/h1-9H,10H2,(H,17,19)(H,18,20). The molecular formula is C15H13FN2O2. The molecular weight excluding hydrogens is 259 g/mol. The third-order valence-corrected chi connectivity index (χ3v) is 2.60. The number of hydrogen-bond acceptors (Lipinski definition) is 2. The smallest absolute Gasteiger partial charge is 0.313 e. The van der Waals surface area contributed by atoms with Crippen molar-refractivity contribution in [3.05, 3.63) is 66.0 Å². The fraction of sp³-hybridized carbons (Fsp3) is 0.0667. The second-order valence-corrected chi connectivity index (χ2v) is 4.13. The number of hydrogen-bond donors (Lipinski definition) is 2. The zero-order valence-electron chi connectivity index (χ0n) is 10.6. The van der Waals surface area contributed by atoms with E-state index in [4.69, 9.17) is 0 Å². The van der Waals surface area contributed by atoms with E-state index in [0.717, 1.165) is 5.56 Å². The average Bonchev–Trinajstić information content (AvgIpc) is 2.48. The van der Waals surface area contributed by atoms with E-state index in [0.29, 0.717) is 5.69 Å². The van der Waals surface area contributed by atoms with Crippen molar-refractivity contribution in [3.63, 3.8) is 0 Å². The highest BCUT2D eigenvalue weighted by atomic mass is 19.1. The largest absolute Gasteiger partial charge is 0.344 e. The van der Waals surface area contributed by atoms with Crippen LogP contribution in [0.5, 0.6) is 0 Å². The molecule has 5 heteroatoms. The van der Waals surface area contributed by atoms with Gasteiger partial charge in [-0.3, -0.25) is 9.59 Å². The lowest BCUT2D eigenvalue weighted by Crippen LogP contribution is -2.34. The first kappa shape index (κ1) is 13.7. The number of carbonyl (C=O) groups excluding carboxylic acids is 2. The van der Waals surface area contributed by atoms with Crippen LogP contribution in [-0.4, -0.2) is 11.8 Å². The lowest BCUT2D eigenvalue weighted by molar-refractivity contribution is -0.136. The fourth-order valence-corrected chi connectivity index (χ4v) is 1.58. The Morgan fingerprint density at radius 1 is 0.900 bits per heavy atom. The molecule has 0 bridgehead atoms. The van der Waals surface area contributed by atoms with E-state index in [-0.39, 0.29) is 6.54 Å². The molecule has 2 aromatic carbocycles. The van der Waals surface area contributed by atoms with Gasteiger partial charge in [-0.1, -0.05) is 30.3 Å². The lowest BCUT2D eigenvalue weighted by atomic mass is 10.2. The van der Waals surface area contributed by atoms with Crippen molar-refractivity contribution in [1.82, 2.24) is 5.32 Å². The summed E-state index contributed by atoms with van der Waals surface area (Å²) in [6.45, 7) is 0.274. The molecule has 0 saturated heterocycles. The molecule has 2 N–H and O–H groups in total. The van der Waals surface area contributed by atoms with Gasteiger partial charge in [0.2, 0.25) is 0 Å². The molecule has 0 aromatic heterocycles. The summed E-state index contributed by atoms with van der Waals surface area (Å²) in [4.78, 5) is 23.2. The van der Waals surface area contributed by atoms with Gasteiger partial charge >= 0.3 is 11.8 Å². The van der Waals surface area contributed by atoms with Gasteiger partial charge < -0.3 is 10.6 Å². The summed E-state index contributed by atoms with van der Waals surface area (Å²) >= 11 is 0. The van der Waals surface area contributed by atoms with Gasteiger partial charge in [0.15, 0.2) is 0 Å². The van der Waals surface area contributed by atoms with E-state index in [9.17, 15) is 14.0 Å². The van der Waals surface area contributed by atoms with Crippen molar-refractivity contribution in [3.8, 4) is 0 Å². The van der Waals surface area contributed by atoms with Crippen LogP contribution in [-0.2, 0) is 16.1 Å². The van der Waals surface area contributed by atoms with Gasteiger partial charge in [0.25, 0.3) is 0 Å². The van der Waals surface area contributed by atoms with Gasteiger partial charge in [-0.2, -0.15) is 0 Å². The Morgan fingerprint density at radius 2 is 1.55 bits per heavy atom. The van der Waals surface area contributed by atoms with E-state index >= 15 is 0 Å². The van der Waals surface area contributed by atoms with Crippen molar-refractivity contribution in [2.75, 3.05) is 5.32 Å². The second kappa shape index (κ2) is 6.47. The van der Waals surface area contributed by atoms with Gasteiger partial charge in [0, 0.05) is 12.2 Å². The maximum absolute atomic E-state index is 12.7. The summed E-state index contributed by atoms with van der Waals surface area (Å²) in [6, 6.07) is 14.4.